The van der Waals surface area contributed by atoms with E-state index in [9.17, 15) is 13.5 Å². The van der Waals surface area contributed by atoms with Crippen molar-refractivity contribution in [2.75, 3.05) is 6.61 Å². The number of sulfonamides is 1. The number of nitrogens with one attached hydrogen (secondary N) is 1. The van der Waals surface area contributed by atoms with Crippen LogP contribution in [0.25, 0.3) is 0 Å². The van der Waals surface area contributed by atoms with Gasteiger partial charge in [-0.2, -0.15) is 0 Å². The zero-order valence-corrected chi connectivity index (χ0v) is 13.8. The fourth-order valence-electron chi connectivity index (χ4n) is 2.29. The standard InChI is InChI=1S/C13H17Cl2NO4S/c1-8-4-10(2-3-20-8)16-21(18,19)13-5-9(7-17)11(14)6-12(13)15/h5-6,8,10,16-17H,2-4,7H2,1H3. The van der Waals surface area contributed by atoms with E-state index in [1.54, 1.807) is 0 Å². The van der Waals surface area contributed by atoms with Gasteiger partial charge in [0, 0.05) is 17.7 Å². The summed E-state index contributed by atoms with van der Waals surface area (Å²) in [4.78, 5) is -0.0724. The molecule has 0 amide bonds. The van der Waals surface area contributed by atoms with Crippen LogP contribution in [0.4, 0.5) is 0 Å². The summed E-state index contributed by atoms with van der Waals surface area (Å²) in [7, 11) is -3.77. The van der Waals surface area contributed by atoms with Crippen molar-refractivity contribution in [2.45, 2.75) is 43.4 Å². The maximum absolute atomic E-state index is 12.4. The molecule has 1 aliphatic rings. The van der Waals surface area contributed by atoms with Crippen LogP contribution >= 0.6 is 23.2 Å². The van der Waals surface area contributed by atoms with Gasteiger partial charge in [0.05, 0.1) is 17.7 Å². The van der Waals surface area contributed by atoms with Gasteiger partial charge >= 0.3 is 0 Å². The second-order valence-corrected chi connectivity index (χ2v) is 7.55. The minimum absolute atomic E-state index is 0.0140. The van der Waals surface area contributed by atoms with Gasteiger partial charge in [0.15, 0.2) is 0 Å². The molecule has 2 N–H and O–H groups in total. The number of benzene rings is 1. The molecule has 0 saturated carbocycles. The topological polar surface area (TPSA) is 75.6 Å². The van der Waals surface area contributed by atoms with Gasteiger partial charge < -0.3 is 9.84 Å². The van der Waals surface area contributed by atoms with Gasteiger partial charge in [0.25, 0.3) is 0 Å². The predicted molar refractivity (Wildman–Crippen MR) is 81.1 cm³/mol. The number of ether oxygens (including phenoxy) is 1. The highest BCUT2D eigenvalue weighted by molar-refractivity contribution is 7.89. The molecule has 5 nitrogen and oxygen atoms in total. The monoisotopic (exact) mass is 353 g/mol. The highest BCUT2D eigenvalue weighted by atomic mass is 35.5. The van der Waals surface area contributed by atoms with Crippen LogP contribution in [-0.2, 0) is 21.4 Å². The van der Waals surface area contributed by atoms with E-state index in [0.29, 0.717) is 25.0 Å². The molecule has 2 rings (SSSR count). The van der Waals surface area contributed by atoms with Crippen molar-refractivity contribution in [2.24, 2.45) is 0 Å². The van der Waals surface area contributed by atoms with Gasteiger partial charge in [-0.1, -0.05) is 23.2 Å². The summed E-state index contributed by atoms with van der Waals surface area (Å²) >= 11 is 11.9. The molecular weight excluding hydrogens is 337 g/mol. The zero-order valence-electron chi connectivity index (χ0n) is 11.5. The molecular formula is C13H17Cl2NO4S. The minimum atomic E-state index is -3.77. The molecule has 1 saturated heterocycles. The third-order valence-electron chi connectivity index (χ3n) is 3.37. The molecule has 0 spiro atoms. The highest BCUT2D eigenvalue weighted by Crippen LogP contribution is 2.29. The largest absolute Gasteiger partial charge is 0.392 e. The Kier molecular flexibility index (Phi) is 5.51. The van der Waals surface area contributed by atoms with Gasteiger partial charge in [-0.3, -0.25) is 0 Å². The van der Waals surface area contributed by atoms with Crippen LogP contribution in [0.5, 0.6) is 0 Å². The van der Waals surface area contributed by atoms with Crippen LogP contribution in [0, 0.1) is 0 Å². The van der Waals surface area contributed by atoms with E-state index in [0.717, 1.165) is 0 Å². The molecule has 0 radical (unpaired) electrons. The minimum Gasteiger partial charge on any atom is -0.392 e. The van der Waals surface area contributed by atoms with Gasteiger partial charge in [-0.05, 0) is 37.5 Å². The average Bonchev–Trinajstić information content (AvgIpc) is 2.37. The van der Waals surface area contributed by atoms with Gasteiger partial charge in [-0.15, -0.1) is 0 Å². The summed E-state index contributed by atoms with van der Waals surface area (Å²) in [5.74, 6) is 0. The van der Waals surface area contributed by atoms with Crippen molar-refractivity contribution in [1.82, 2.24) is 4.72 Å². The number of halogens is 2. The molecule has 1 aromatic rings. The van der Waals surface area contributed by atoms with E-state index in [2.05, 4.69) is 4.72 Å². The lowest BCUT2D eigenvalue weighted by atomic mass is 10.1. The van der Waals surface area contributed by atoms with Crippen molar-refractivity contribution >= 4 is 33.2 Å². The first-order valence-electron chi connectivity index (χ1n) is 6.56. The lowest BCUT2D eigenvalue weighted by molar-refractivity contribution is 0.0173. The second-order valence-electron chi connectivity index (χ2n) is 5.06. The fourth-order valence-corrected chi connectivity index (χ4v) is 4.43. The molecule has 1 aromatic carbocycles. The fraction of sp³-hybridized carbons (Fsp3) is 0.538. The highest BCUT2D eigenvalue weighted by Gasteiger charge is 2.27. The number of aliphatic hydroxyl groups excluding tert-OH is 1. The molecule has 1 heterocycles. The van der Waals surface area contributed by atoms with Crippen LogP contribution < -0.4 is 4.72 Å². The Labute approximate surface area is 134 Å². The number of hydrogen-bond acceptors (Lipinski definition) is 4. The van der Waals surface area contributed by atoms with Crippen LogP contribution in [0.3, 0.4) is 0 Å². The first kappa shape index (κ1) is 17.0. The second kappa shape index (κ2) is 6.81. The molecule has 1 fully saturated rings. The van der Waals surface area contributed by atoms with Gasteiger partial charge in [0.2, 0.25) is 10.0 Å². The van der Waals surface area contributed by atoms with Crippen molar-refractivity contribution in [3.63, 3.8) is 0 Å². The van der Waals surface area contributed by atoms with E-state index in [4.69, 9.17) is 27.9 Å². The Morgan fingerprint density at radius 2 is 2.10 bits per heavy atom. The molecule has 21 heavy (non-hydrogen) atoms. The first-order chi connectivity index (χ1) is 9.83. The Morgan fingerprint density at radius 3 is 2.71 bits per heavy atom. The Hall–Kier alpha value is -0.370. The molecule has 2 atom stereocenters. The number of aliphatic hydroxyl groups is 1. The number of rotatable bonds is 4. The smallest absolute Gasteiger partial charge is 0.242 e. The SMILES string of the molecule is CC1CC(NS(=O)(=O)c2cc(CO)c(Cl)cc2Cl)CCO1. The molecule has 0 aromatic heterocycles. The predicted octanol–water partition coefficient (Wildman–Crippen LogP) is 2.33. The molecule has 0 bridgehead atoms. The molecule has 8 heteroatoms. The van der Waals surface area contributed by atoms with Crippen molar-refractivity contribution < 1.29 is 18.3 Å². The number of hydrogen-bond donors (Lipinski definition) is 2. The zero-order chi connectivity index (χ0) is 15.6. The first-order valence-corrected chi connectivity index (χ1v) is 8.80. The summed E-state index contributed by atoms with van der Waals surface area (Å²) in [5.41, 5.74) is 0.321. The molecule has 1 aliphatic heterocycles. The maximum atomic E-state index is 12.4. The Bertz CT molecular complexity index is 621. The third kappa shape index (κ3) is 4.09. The normalized spacial score (nSPS) is 23.2. The van der Waals surface area contributed by atoms with Crippen molar-refractivity contribution in [3.8, 4) is 0 Å². The Balaban J connectivity index is 2.27. The molecule has 118 valence electrons. The molecule has 2 unspecified atom stereocenters. The van der Waals surface area contributed by atoms with E-state index in [1.165, 1.54) is 12.1 Å². The third-order valence-corrected chi connectivity index (χ3v) is 5.70. The van der Waals surface area contributed by atoms with E-state index in [1.807, 2.05) is 6.92 Å². The summed E-state index contributed by atoms with van der Waals surface area (Å²) < 4.78 is 32.9. The van der Waals surface area contributed by atoms with Gasteiger partial charge in [0.1, 0.15) is 4.90 Å². The summed E-state index contributed by atoms with van der Waals surface area (Å²) in [6, 6.07) is 2.44. The van der Waals surface area contributed by atoms with Crippen molar-refractivity contribution in [3.05, 3.63) is 27.7 Å². The quantitative estimate of drug-likeness (QED) is 0.870. The summed E-state index contributed by atoms with van der Waals surface area (Å²) in [6.07, 6.45) is 1.24. The lowest BCUT2D eigenvalue weighted by Gasteiger charge is -2.27. The molecule has 0 aliphatic carbocycles. The summed E-state index contributed by atoms with van der Waals surface area (Å²) in [5, 5.41) is 9.47. The van der Waals surface area contributed by atoms with Crippen LogP contribution in [-0.4, -0.2) is 32.3 Å². The lowest BCUT2D eigenvalue weighted by Crippen LogP contribution is -2.41. The van der Waals surface area contributed by atoms with Gasteiger partial charge in [-0.25, -0.2) is 13.1 Å². The maximum Gasteiger partial charge on any atom is 0.242 e. The van der Waals surface area contributed by atoms with Crippen LogP contribution in [0.2, 0.25) is 10.0 Å². The average molecular weight is 354 g/mol. The summed E-state index contributed by atoms with van der Waals surface area (Å²) in [6.45, 7) is 2.07. The van der Waals surface area contributed by atoms with E-state index >= 15 is 0 Å². The van der Waals surface area contributed by atoms with Crippen molar-refractivity contribution in [1.29, 1.82) is 0 Å². The van der Waals surface area contributed by atoms with Crippen LogP contribution in [0.15, 0.2) is 17.0 Å². The Morgan fingerprint density at radius 1 is 1.38 bits per heavy atom. The van der Waals surface area contributed by atoms with E-state index < -0.39 is 10.0 Å². The van der Waals surface area contributed by atoms with E-state index in [-0.39, 0.29) is 33.7 Å². The van der Waals surface area contributed by atoms with Crippen LogP contribution in [0.1, 0.15) is 25.3 Å².